The van der Waals surface area contributed by atoms with E-state index in [1.54, 1.807) is 12.1 Å². The van der Waals surface area contributed by atoms with E-state index in [1.165, 1.54) is 6.07 Å². The normalized spacial score (nSPS) is 11.9. The van der Waals surface area contributed by atoms with E-state index in [0.717, 1.165) is 12.1 Å². The molecule has 1 aromatic rings. The minimum Gasteiger partial charge on any atom is -0.370 e. The zero-order chi connectivity index (χ0) is 12.8. The third kappa shape index (κ3) is 5.04. The minimum absolute atomic E-state index is 0.103. The number of nitrogens with one attached hydrogen (secondary N) is 1. The molecule has 0 atom stereocenters. The van der Waals surface area contributed by atoms with Crippen LogP contribution < -0.4 is 11.1 Å². The Balaban J connectivity index is 2.53. The maximum atomic E-state index is 12.9. The third-order valence-corrected chi connectivity index (χ3v) is 2.40. The van der Waals surface area contributed by atoms with Gasteiger partial charge in [-0.15, -0.1) is 0 Å². The minimum atomic E-state index is -0.426. The summed E-state index contributed by atoms with van der Waals surface area (Å²) in [6, 6.07) is 4.52. The van der Waals surface area contributed by atoms with Crippen LogP contribution in [-0.4, -0.2) is 12.5 Å². The molecule has 94 valence electrons. The van der Waals surface area contributed by atoms with Crippen LogP contribution in [0.1, 0.15) is 19.4 Å². The fourth-order valence-electron chi connectivity index (χ4n) is 1.18. The van der Waals surface area contributed by atoms with Gasteiger partial charge in [0.05, 0.1) is 11.6 Å². The van der Waals surface area contributed by atoms with Gasteiger partial charge in [0, 0.05) is 6.54 Å². The lowest BCUT2D eigenvalue weighted by molar-refractivity contribution is 0.621. The van der Waals surface area contributed by atoms with Gasteiger partial charge in [-0.2, -0.15) is 0 Å². The number of nitrogens with two attached hydrogens (primary N) is 1. The van der Waals surface area contributed by atoms with Crippen LogP contribution in [-0.2, 0) is 6.54 Å². The first-order valence-corrected chi connectivity index (χ1v) is 5.84. The van der Waals surface area contributed by atoms with Gasteiger partial charge in [0.2, 0.25) is 0 Å². The number of benzene rings is 1. The van der Waals surface area contributed by atoms with E-state index in [0.29, 0.717) is 18.4 Å². The van der Waals surface area contributed by atoms with E-state index in [-0.39, 0.29) is 5.02 Å². The molecule has 0 amide bonds. The second-order valence-corrected chi connectivity index (χ2v) is 4.63. The van der Waals surface area contributed by atoms with E-state index >= 15 is 0 Å². The fourth-order valence-corrected chi connectivity index (χ4v) is 1.38. The Morgan fingerprint density at radius 1 is 1.53 bits per heavy atom. The maximum Gasteiger partial charge on any atom is 0.188 e. The predicted octanol–water partition coefficient (Wildman–Crippen LogP) is 2.54. The number of nitrogens with zero attached hydrogens (tertiary/aromatic N) is 1. The second-order valence-electron chi connectivity index (χ2n) is 4.22. The molecule has 17 heavy (non-hydrogen) atoms. The lowest BCUT2D eigenvalue weighted by atomic mass is 10.2. The standard InChI is InChI=1S/C12H17ClFN3/c1-8(2)6-16-12(15)17-7-9-3-4-11(14)10(13)5-9/h3-5,8H,6-7H2,1-2H3,(H3,15,16,17). The van der Waals surface area contributed by atoms with E-state index in [9.17, 15) is 4.39 Å². The number of guanidine groups is 1. The molecular weight excluding hydrogens is 241 g/mol. The highest BCUT2D eigenvalue weighted by Crippen LogP contribution is 2.16. The van der Waals surface area contributed by atoms with Crippen molar-refractivity contribution in [2.45, 2.75) is 20.4 Å². The molecule has 0 aromatic heterocycles. The number of aliphatic imine (C=N–C) groups is 1. The highest BCUT2D eigenvalue weighted by molar-refractivity contribution is 6.30. The van der Waals surface area contributed by atoms with Crippen molar-refractivity contribution in [3.8, 4) is 0 Å². The summed E-state index contributed by atoms with van der Waals surface area (Å²) in [5, 5.41) is 3.10. The van der Waals surface area contributed by atoms with Gasteiger partial charge < -0.3 is 11.1 Å². The summed E-state index contributed by atoms with van der Waals surface area (Å²) < 4.78 is 12.9. The predicted molar refractivity (Wildman–Crippen MR) is 69.6 cm³/mol. The van der Waals surface area contributed by atoms with Crippen molar-refractivity contribution >= 4 is 17.6 Å². The average molecular weight is 258 g/mol. The first kappa shape index (κ1) is 13.8. The fraction of sp³-hybridized carbons (Fsp3) is 0.417. The summed E-state index contributed by atoms with van der Waals surface area (Å²) in [5.74, 6) is 0.466. The summed E-state index contributed by atoms with van der Waals surface area (Å²) in [4.78, 5) is 4.14. The van der Waals surface area contributed by atoms with E-state index < -0.39 is 5.82 Å². The van der Waals surface area contributed by atoms with Crippen LogP contribution in [0.2, 0.25) is 5.02 Å². The summed E-state index contributed by atoms with van der Waals surface area (Å²) in [6.07, 6.45) is 0. The van der Waals surface area contributed by atoms with Crippen LogP contribution in [0.15, 0.2) is 23.2 Å². The van der Waals surface area contributed by atoms with Crippen LogP contribution in [0.5, 0.6) is 0 Å². The van der Waals surface area contributed by atoms with Crippen molar-refractivity contribution in [1.82, 2.24) is 5.32 Å². The average Bonchev–Trinajstić information content (AvgIpc) is 2.28. The maximum absolute atomic E-state index is 12.9. The number of rotatable bonds is 4. The van der Waals surface area contributed by atoms with E-state index in [1.807, 2.05) is 0 Å². The van der Waals surface area contributed by atoms with Gasteiger partial charge in [0.1, 0.15) is 5.82 Å². The quantitative estimate of drug-likeness (QED) is 0.643. The lowest BCUT2D eigenvalue weighted by Gasteiger charge is -2.07. The molecule has 0 aliphatic rings. The van der Waals surface area contributed by atoms with Gasteiger partial charge in [0.15, 0.2) is 5.96 Å². The zero-order valence-corrected chi connectivity index (χ0v) is 10.8. The Hall–Kier alpha value is -1.29. The summed E-state index contributed by atoms with van der Waals surface area (Å²) in [7, 11) is 0. The molecule has 0 saturated heterocycles. The highest BCUT2D eigenvalue weighted by atomic mass is 35.5. The molecule has 1 rings (SSSR count). The first-order chi connectivity index (χ1) is 7.99. The van der Waals surface area contributed by atoms with Crippen molar-refractivity contribution < 1.29 is 4.39 Å². The molecule has 0 spiro atoms. The lowest BCUT2D eigenvalue weighted by Crippen LogP contribution is -2.34. The Kier molecular flexibility index (Phi) is 5.22. The SMILES string of the molecule is CC(C)CNC(N)=NCc1ccc(F)c(Cl)c1. The van der Waals surface area contributed by atoms with Crippen molar-refractivity contribution in [1.29, 1.82) is 0 Å². The Labute approximate surface area is 106 Å². The van der Waals surface area contributed by atoms with Gasteiger partial charge in [-0.1, -0.05) is 31.5 Å². The summed E-state index contributed by atoms with van der Waals surface area (Å²) in [6.45, 7) is 5.33. The van der Waals surface area contributed by atoms with Crippen LogP contribution in [0.25, 0.3) is 0 Å². The molecule has 0 radical (unpaired) electrons. The van der Waals surface area contributed by atoms with Gasteiger partial charge >= 0.3 is 0 Å². The van der Waals surface area contributed by atoms with Crippen LogP contribution in [0, 0.1) is 11.7 Å². The van der Waals surface area contributed by atoms with Crippen LogP contribution in [0.4, 0.5) is 4.39 Å². The monoisotopic (exact) mass is 257 g/mol. The molecule has 0 heterocycles. The van der Waals surface area contributed by atoms with Gasteiger partial charge in [-0.3, -0.25) is 0 Å². The van der Waals surface area contributed by atoms with Gasteiger partial charge in [-0.05, 0) is 23.6 Å². The highest BCUT2D eigenvalue weighted by Gasteiger charge is 2.00. The molecule has 3 N–H and O–H groups in total. The smallest absolute Gasteiger partial charge is 0.188 e. The van der Waals surface area contributed by atoms with Crippen molar-refractivity contribution in [2.75, 3.05) is 6.54 Å². The molecule has 5 heteroatoms. The molecule has 0 unspecified atom stereocenters. The second kappa shape index (κ2) is 6.45. The van der Waals surface area contributed by atoms with E-state index in [4.69, 9.17) is 17.3 Å². The first-order valence-electron chi connectivity index (χ1n) is 5.46. The Morgan fingerprint density at radius 3 is 2.82 bits per heavy atom. The van der Waals surface area contributed by atoms with Crippen molar-refractivity contribution in [2.24, 2.45) is 16.6 Å². The Morgan fingerprint density at radius 2 is 2.24 bits per heavy atom. The molecule has 0 aliphatic heterocycles. The molecule has 0 saturated carbocycles. The molecular formula is C12H17ClFN3. The summed E-state index contributed by atoms with van der Waals surface area (Å²) in [5.41, 5.74) is 6.49. The molecule has 1 aromatic carbocycles. The van der Waals surface area contributed by atoms with Gasteiger partial charge in [0.25, 0.3) is 0 Å². The molecule has 3 nitrogen and oxygen atoms in total. The number of hydrogen-bond acceptors (Lipinski definition) is 1. The van der Waals surface area contributed by atoms with Gasteiger partial charge in [-0.25, -0.2) is 9.38 Å². The Bertz CT molecular complexity index is 405. The number of hydrogen-bond donors (Lipinski definition) is 2. The third-order valence-electron chi connectivity index (χ3n) is 2.11. The van der Waals surface area contributed by atoms with Crippen LogP contribution in [0.3, 0.4) is 0 Å². The number of halogens is 2. The van der Waals surface area contributed by atoms with Crippen molar-refractivity contribution in [3.63, 3.8) is 0 Å². The molecule has 0 bridgehead atoms. The molecule has 0 fully saturated rings. The molecule has 0 aliphatic carbocycles. The zero-order valence-electron chi connectivity index (χ0n) is 10.0. The largest absolute Gasteiger partial charge is 0.370 e. The van der Waals surface area contributed by atoms with Crippen LogP contribution >= 0.6 is 11.6 Å². The van der Waals surface area contributed by atoms with E-state index in [2.05, 4.69) is 24.2 Å². The summed E-state index contributed by atoms with van der Waals surface area (Å²) >= 11 is 5.66. The van der Waals surface area contributed by atoms with Crippen molar-refractivity contribution in [3.05, 3.63) is 34.6 Å². The topological polar surface area (TPSA) is 50.4 Å².